The molecule has 2 aromatic rings. The van der Waals surface area contributed by atoms with Crippen LogP contribution in [0.1, 0.15) is 69.9 Å². The molecule has 5 nitrogen and oxygen atoms in total. The van der Waals surface area contributed by atoms with Gasteiger partial charge in [-0.25, -0.2) is 0 Å². The van der Waals surface area contributed by atoms with Crippen LogP contribution in [0.15, 0.2) is 30.5 Å². The quantitative estimate of drug-likeness (QED) is 0.571. The van der Waals surface area contributed by atoms with Gasteiger partial charge in [0.05, 0.1) is 18.7 Å². The third kappa shape index (κ3) is 4.83. The molecule has 3 aliphatic heterocycles. The Bertz CT molecular complexity index is 976. The number of ether oxygens (including phenoxy) is 1. The minimum absolute atomic E-state index is 0.131. The fourth-order valence-corrected chi connectivity index (χ4v) is 6.82. The van der Waals surface area contributed by atoms with Gasteiger partial charge >= 0.3 is 0 Å². The summed E-state index contributed by atoms with van der Waals surface area (Å²) in [6.45, 7) is 4.75. The number of hydrogen-bond donors (Lipinski definition) is 2. The van der Waals surface area contributed by atoms with Crippen molar-refractivity contribution in [1.29, 1.82) is 0 Å². The van der Waals surface area contributed by atoms with Gasteiger partial charge < -0.3 is 15.4 Å². The summed E-state index contributed by atoms with van der Waals surface area (Å²) in [5.41, 5.74) is 2.28. The molecular weight excluding hydrogens is 428 g/mol. The molecule has 4 unspecified atom stereocenters. The average Bonchev–Trinajstić information content (AvgIpc) is 2.87. The number of benzene rings is 1. The lowest BCUT2D eigenvalue weighted by molar-refractivity contribution is -0.0134. The Kier molecular flexibility index (Phi) is 7.02. The van der Waals surface area contributed by atoms with E-state index in [1.54, 1.807) is 7.11 Å². The fourth-order valence-electron chi connectivity index (χ4n) is 6.53. The summed E-state index contributed by atoms with van der Waals surface area (Å²) >= 11 is 5.90. The summed E-state index contributed by atoms with van der Waals surface area (Å²) in [5.74, 6) is 2.52. The van der Waals surface area contributed by atoms with E-state index >= 15 is 0 Å². The third-order valence-electron chi connectivity index (χ3n) is 8.39. The van der Waals surface area contributed by atoms with Crippen molar-refractivity contribution in [3.63, 3.8) is 0 Å². The standard InChI is InChI=1S/C27H38N4OS/c1-3-18-17-31-14-12-19(18)15-25(31)26(30-27(33)29-20-7-5-4-6-8-20)22-11-13-28-24-10-9-21(32-2)16-23(22)24/h9-11,13,16,18-20,25-26H,3-8,12,14-15,17H2,1-2H3,(H2,29,30,33)/t18?,19?,25?,26-/m1/s1. The predicted molar refractivity (Wildman–Crippen MR) is 139 cm³/mol. The number of piperidine rings is 3. The van der Waals surface area contributed by atoms with Crippen LogP contribution < -0.4 is 15.4 Å². The van der Waals surface area contributed by atoms with Crippen molar-refractivity contribution in [3.05, 3.63) is 36.0 Å². The molecule has 5 atom stereocenters. The first-order valence-electron chi connectivity index (χ1n) is 12.9. The van der Waals surface area contributed by atoms with Crippen LogP contribution in [0.4, 0.5) is 0 Å². The molecule has 6 heteroatoms. The zero-order chi connectivity index (χ0) is 22.8. The van der Waals surface area contributed by atoms with Gasteiger partial charge in [0.2, 0.25) is 0 Å². The van der Waals surface area contributed by atoms with Gasteiger partial charge in [-0.3, -0.25) is 9.88 Å². The lowest BCUT2D eigenvalue weighted by Gasteiger charge is -2.52. The summed E-state index contributed by atoms with van der Waals surface area (Å²) in [6, 6.07) is 9.45. The Hall–Kier alpha value is -1.92. The lowest BCUT2D eigenvalue weighted by atomic mass is 9.72. The van der Waals surface area contributed by atoms with Crippen molar-refractivity contribution < 1.29 is 4.74 Å². The molecule has 0 amide bonds. The van der Waals surface area contributed by atoms with Crippen LogP contribution in [0.25, 0.3) is 10.9 Å². The van der Waals surface area contributed by atoms with Crippen LogP contribution in [0.2, 0.25) is 0 Å². The molecule has 4 heterocycles. The Balaban J connectivity index is 1.47. The maximum atomic E-state index is 5.90. The van der Waals surface area contributed by atoms with Crippen LogP contribution in [0.5, 0.6) is 5.75 Å². The number of aromatic nitrogens is 1. The number of nitrogens with zero attached hydrogens (tertiary/aromatic N) is 2. The molecule has 2 N–H and O–H groups in total. The minimum Gasteiger partial charge on any atom is -0.497 e. The molecule has 1 saturated carbocycles. The topological polar surface area (TPSA) is 49.4 Å². The van der Waals surface area contributed by atoms with Gasteiger partial charge in [0, 0.05) is 30.2 Å². The van der Waals surface area contributed by atoms with E-state index in [0.717, 1.165) is 33.6 Å². The Labute approximate surface area is 203 Å². The van der Waals surface area contributed by atoms with E-state index in [-0.39, 0.29) is 6.04 Å². The van der Waals surface area contributed by atoms with Crippen LogP contribution in [0.3, 0.4) is 0 Å². The van der Waals surface area contributed by atoms with Crippen LogP contribution in [-0.4, -0.2) is 47.3 Å². The smallest absolute Gasteiger partial charge is 0.167 e. The number of fused-ring (bicyclic) bond motifs is 4. The van der Waals surface area contributed by atoms with Gasteiger partial charge in [-0.05, 0) is 86.1 Å². The fraction of sp³-hybridized carbons (Fsp3) is 0.630. The second-order valence-electron chi connectivity index (χ2n) is 10.2. The Morgan fingerprint density at radius 1 is 1.21 bits per heavy atom. The van der Waals surface area contributed by atoms with Crippen molar-refractivity contribution in [2.45, 2.75) is 76.4 Å². The molecule has 178 valence electrons. The summed E-state index contributed by atoms with van der Waals surface area (Å²) < 4.78 is 5.57. The molecular formula is C27H38N4OS. The largest absolute Gasteiger partial charge is 0.497 e. The first kappa shape index (κ1) is 22.9. The number of thiocarbonyl (C=S) groups is 1. The average molecular weight is 467 g/mol. The molecule has 33 heavy (non-hydrogen) atoms. The summed E-state index contributed by atoms with van der Waals surface area (Å²) in [7, 11) is 1.73. The van der Waals surface area contributed by atoms with Gasteiger partial charge in [0.15, 0.2) is 5.11 Å². The molecule has 0 spiro atoms. The van der Waals surface area contributed by atoms with Crippen molar-refractivity contribution >= 4 is 28.2 Å². The molecule has 4 aliphatic rings. The summed E-state index contributed by atoms with van der Waals surface area (Å²) in [5, 5.41) is 9.42. The minimum atomic E-state index is 0.131. The first-order valence-corrected chi connectivity index (χ1v) is 13.3. The highest BCUT2D eigenvalue weighted by Gasteiger charge is 2.43. The van der Waals surface area contributed by atoms with E-state index in [2.05, 4.69) is 45.6 Å². The summed E-state index contributed by atoms with van der Waals surface area (Å²) in [6.07, 6.45) is 12.2. The van der Waals surface area contributed by atoms with Crippen molar-refractivity contribution in [2.24, 2.45) is 11.8 Å². The Morgan fingerprint density at radius 2 is 2.06 bits per heavy atom. The molecule has 6 rings (SSSR count). The van der Waals surface area contributed by atoms with Crippen LogP contribution >= 0.6 is 12.2 Å². The van der Waals surface area contributed by atoms with Gasteiger partial charge in [-0.1, -0.05) is 32.6 Å². The van der Waals surface area contributed by atoms with E-state index in [9.17, 15) is 0 Å². The molecule has 0 radical (unpaired) electrons. The highest BCUT2D eigenvalue weighted by Crippen LogP contribution is 2.43. The predicted octanol–water partition coefficient (Wildman–Crippen LogP) is 5.20. The third-order valence-corrected chi connectivity index (χ3v) is 8.63. The summed E-state index contributed by atoms with van der Waals surface area (Å²) in [4.78, 5) is 7.37. The Morgan fingerprint density at radius 3 is 2.79 bits per heavy atom. The van der Waals surface area contributed by atoms with Gasteiger partial charge in [-0.2, -0.15) is 0 Å². The number of rotatable bonds is 6. The lowest BCUT2D eigenvalue weighted by Crippen LogP contribution is -2.58. The number of nitrogens with one attached hydrogen (secondary N) is 2. The maximum Gasteiger partial charge on any atom is 0.167 e. The van der Waals surface area contributed by atoms with E-state index in [0.29, 0.717) is 12.1 Å². The number of methoxy groups -OCH3 is 1. The number of hydrogen-bond acceptors (Lipinski definition) is 4. The van der Waals surface area contributed by atoms with Crippen LogP contribution in [0, 0.1) is 11.8 Å². The van der Waals surface area contributed by atoms with Crippen molar-refractivity contribution in [1.82, 2.24) is 20.5 Å². The maximum absolute atomic E-state index is 5.90. The molecule has 1 aromatic carbocycles. The van der Waals surface area contributed by atoms with Gasteiger partial charge in [0.1, 0.15) is 5.75 Å². The van der Waals surface area contributed by atoms with E-state index < -0.39 is 0 Å². The van der Waals surface area contributed by atoms with Gasteiger partial charge in [-0.15, -0.1) is 0 Å². The highest BCUT2D eigenvalue weighted by molar-refractivity contribution is 7.80. The molecule has 2 bridgehead atoms. The van der Waals surface area contributed by atoms with Crippen molar-refractivity contribution in [3.8, 4) is 5.75 Å². The molecule has 3 saturated heterocycles. The molecule has 4 fully saturated rings. The van der Waals surface area contributed by atoms with Gasteiger partial charge in [0.25, 0.3) is 0 Å². The van der Waals surface area contributed by atoms with E-state index in [4.69, 9.17) is 17.0 Å². The molecule has 1 aromatic heterocycles. The number of pyridine rings is 1. The molecule has 1 aliphatic carbocycles. The second-order valence-corrected chi connectivity index (χ2v) is 10.6. The highest BCUT2D eigenvalue weighted by atomic mass is 32.1. The zero-order valence-corrected chi connectivity index (χ0v) is 20.9. The zero-order valence-electron chi connectivity index (χ0n) is 20.1. The second kappa shape index (κ2) is 10.1. The SMILES string of the molecule is CCC1CN2CCC1CC2[C@H](NC(=S)NC1CCCCC1)c1ccnc2ccc(OC)cc12. The monoisotopic (exact) mass is 466 g/mol. The normalized spacial score (nSPS) is 28.4. The van der Waals surface area contributed by atoms with E-state index in [1.165, 1.54) is 70.0 Å². The van der Waals surface area contributed by atoms with Crippen LogP contribution in [-0.2, 0) is 0 Å². The van der Waals surface area contributed by atoms with Crippen molar-refractivity contribution in [2.75, 3.05) is 20.2 Å². The first-order chi connectivity index (χ1) is 16.2. The van der Waals surface area contributed by atoms with E-state index in [1.807, 2.05) is 12.3 Å².